The molecule has 1 fully saturated rings. The second-order valence-corrected chi connectivity index (χ2v) is 10.6. The number of hydrogen-bond donors (Lipinski definition) is 6. The summed E-state index contributed by atoms with van der Waals surface area (Å²) in [5.41, 5.74) is 0.548. The normalized spacial score (nSPS) is 30.5. The summed E-state index contributed by atoms with van der Waals surface area (Å²) in [6.07, 6.45) is -4.29. The second-order valence-electron chi connectivity index (χ2n) is 10.6. The summed E-state index contributed by atoms with van der Waals surface area (Å²) < 4.78 is 16.5. The third-order valence-electron chi connectivity index (χ3n) is 7.09. The standard InChI is InChI=1S/C26H36O11/c1-12-7-15(27)10-26(3,4)16(12)6-5-13(2)36-25-23(33)22(32)21(31)19(37-25)11-35-24(34)14-8-17(28)20(30)18(29)9-14/h7-9,13,16,19,21-23,25,28-33H,5-6,10-11H2,1-4H3/t13-,16-,19+,21+,22-,23+,25+/m0/s1. The van der Waals surface area contributed by atoms with Gasteiger partial charge in [0.25, 0.3) is 0 Å². The fraction of sp³-hybridized carbons (Fsp3) is 0.615. The van der Waals surface area contributed by atoms with Gasteiger partial charge in [-0.15, -0.1) is 0 Å². The zero-order valence-corrected chi connectivity index (χ0v) is 21.3. The lowest BCUT2D eigenvalue weighted by atomic mass is 9.66. The van der Waals surface area contributed by atoms with Gasteiger partial charge in [0.1, 0.15) is 31.0 Å². The maximum atomic E-state index is 12.3. The van der Waals surface area contributed by atoms with Crippen molar-refractivity contribution < 1.29 is 54.4 Å². The van der Waals surface area contributed by atoms with E-state index < -0.39 is 66.6 Å². The van der Waals surface area contributed by atoms with Crippen LogP contribution in [-0.2, 0) is 19.0 Å². The molecule has 7 atom stereocenters. The molecule has 3 rings (SSSR count). The Morgan fingerprint density at radius 2 is 1.73 bits per heavy atom. The number of hydrogen-bond acceptors (Lipinski definition) is 11. The third-order valence-corrected chi connectivity index (χ3v) is 7.09. The number of benzene rings is 1. The molecule has 0 amide bonds. The molecule has 0 aromatic heterocycles. The Hall–Kier alpha value is -2.70. The van der Waals surface area contributed by atoms with Crippen LogP contribution in [-0.4, -0.2) is 85.8 Å². The molecule has 0 radical (unpaired) electrons. The van der Waals surface area contributed by atoms with Crippen LogP contribution in [0.15, 0.2) is 23.8 Å². The highest BCUT2D eigenvalue weighted by molar-refractivity contribution is 5.92. The first kappa shape index (κ1) is 28.9. The number of aliphatic hydroxyl groups is 3. The summed E-state index contributed by atoms with van der Waals surface area (Å²) in [5, 5.41) is 59.6. The molecule has 6 N–H and O–H groups in total. The van der Waals surface area contributed by atoms with Crippen LogP contribution in [0.5, 0.6) is 17.2 Å². The van der Waals surface area contributed by atoms with Gasteiger partial charge in [0.05, 0.1) is 11.7 Å². The van der Waals surface area contributed by atoms with Gasteiger partial charge < -0.3 is 44.8 Å². The Morgan fingerprint density at radius 3 is 2.32 bits per heavy atom. The maximum absolute atomic E-state index is 12.3. The number of carbonyl (C=O) groups is 2. The largest absolute Gasteiger partial charge is 0.504 e. The summed E-state index contributed by atoms with van der Waals surface area (Å²) in [4.78, 5) is 24.2. The zero-order chi connectivity index (χ0) is 27.7. The zero-order valence-electron chi connectivity index (χ0n) is 21.3. The monoisotopic (exact) mass is 524 g/mol. The summed E-state index contributed by atoms with van der Waals surface area (Å²) in [6.45, 7) is 7.29. The molecule has 0 unspecified atom stereocenters. The second kappa shape index (κ2) is 11.4. The van der Waals surface area contributed by atoms with E-state index in [0.29, 0.717) is 12.8 Å². The lowest BCUT2D eigenvalue weighted by Gasteiger charge is -2.41. The van der Waals surface area contributed by atoms with E-state index in [2.05, 4.69) is 13.8 Å². The number of phenols is 3. The van der Waals surface area contributed by atoms with Crippen LogP contribution in [0.3, 0.4) is 0 Å². The number of rotatable bonds is 8. The van der Waals surface area contributed by atoms with Crippen LogP contribution in [0.2, 0.25) is 0 Å². The number of ether oxygens (including phenoxy) is 3. The van der Waals surface area contributed by atoms with Gasteiger partial charge in [-0.1, -0.05) is 19.4 Å². The van der Waals surface area contributed by atoms with Gasteiger partial charge >= 0.3 is 5.97 Å². The molecule has 1 saturated heterocycles. The topological polar surface area (TPSA) is 183 Å². The Labute approximate surface area is 214 Å². The maximum Gasteiger partial charge on any atom is 0.338 e. The van der Waals surface area contributed by atoms with Crippen molar-refractivity contribution >= 4 is 11.8 Å². The smallest absolute Gasteiger partial charge is 0.338 e. The van der Waals surface area contributed by atoms with E-state index in [1.807, 2.05) is 6.92 Å². The van der Waals surface area contributed by atoms with Crippen LogP contribution >= 0.6 is 0 Å². The van der Waals surface area contributed by atoms with Crippen molar-refractivity contribution in [2.75, 3.05) is 6.61 Å². The van der Waals surface area contributed by atoms with Gasteiger partial charge in [-0.3, -0.25) is 4.79 Å². The van der Waals surface area contributed by atoms with Crippen molar-refractivity contribution in [1.29, 1.82) is 0 Å². The molecule has 11 heteroatoms. The van der Waals surface area contributed by atoms with Gasteiger partial charge in [0, 0.05) is 6.42 Å². The summed E-state index contributed by atoms with van der Waals surface area (Å²) in [7, 11) is 0. The molecule has 1 heterocycles. The first-order valence-electron chi connectivity index (χ1n) is 12.2. The van der Waals surface area contributed by atoms with E-state index >= 15 is 0 Å². The summed E-state index contributed by atoms with van der Waals surface area (Å²) in [6, 6.07) is 1.78. The number of phenolic OH excluding ortho intramolecular Hbond substituents is 3. The van der Waals surface area contributed by atoms with Crippen molar-refractivity contribution in [2.24, 2.45) is 11.3 Å². The molecule has 206 valence electrons. The average molecular weight is 525 g/mol. The van der Waals surface area contributed by atoms with Crippen molar-refractivity contribution in [3.8, 4) is 17.2 Å². The average Bonchev–Trinajstić information content (AvgIpc) is 2.80. The molecule has 0 bridgehead atoms. The summed E-state index contributed by atoms with van der Waals surface area (Å²) >= 11 is 0. The molecule has 1 aliphatic carbocycles. The lowest BCUT2D eigenvalue weighted by molar-refractivity contribution is -0.310. The van der Waals surface area contributed by atoms with Gasteiger partial charge in [0.2, 0.25) is 0 Å². The van der Waals surface area contributed by atoms with E-state index in [0.717, 1.165) is 24.1 Å². The number of allylic oxidation sites excluding steroid dienone is 2. The van der Waals surface area contributed by atoms with Crippen molar-refractivity contribution in [3.05, 3.63) is 29.3 Å². The molecule has 11 nitrogen and oxygen atoms in total. The van der Waals surface area contributed by atoms with Crippen molar-refractivity contribution in [3.63, 3.8) is 0 Å². The van der Waals surface area contributed by atoms with Crippen LogP contribution in [0, 0.1) is 11.3 Å². The quantitative estimate of drug-likeness (QED) is 0.214. The Balaban J connectivity index is 1.59. The predicted molar refractivity (Wildman–Crippen MR) is 129 cm³/mol. The van der Waals surface area contributed by atoms with Crippen LogP contribution in [0.25, 0.3) is 0 Å². The van der Waals surface area contributed by atoms with E-state index in [-0.39, 0.29) is 22.7 Å². The number of ketones is 1. The van der Waals surface area contributed by atoms with E-state index in [1.54, 1.807) is 13.0 Å². The van der Waals surface area contributed by atoms with E-state index in [9.17, 15) is 40.2 Å². The van der Waals surface area contributed by atoms with E-state index in [1.165, 1.54) is 0 Å². The molecule has 0 saturated carbocycles. The van der Waals surface area contributed by atoms with Gasteiger partial charge in [-0.2, -0.15) is 0 Å². The van der Waals surface area contributed by atoms with E-state index in [4.69, 9.17) is 14.2 Å². The van der Waals surface area contributed by atoms with Crippen LogP contribution in [0.4, 0.5) is 0 Å². The molecule has 1 aromatic rings. The number of esters is 1. The minimum atomic E-state index is -1.63. The highest BCUT2D eigenvalue weighted by Crippen LogP contribution is 2.42. The first-order chi connectivity index (χ1) is 17.2. The Bertz CT molecular complexity index is 1010. The fourth-order valence-electron chi connectivity index (χ4n) is 5.04. The summed E-state index contributed by atoms with van der Waals surface area (Å²) in [5.74, 6) is -2.95. The SMILES string of the molecule is CC1=CC(=O)CC(C)(C)[C@H]1CC[C@H](C)O[C@@H]1O[C@H](COC(=O)c2cc(O)c(O)c(O)c2)[C@@H](O)[C@H](O)[C@H]1O. The third kappa shape index (κ3) is 6.60. The minimum Gasteiger partial charge on any atom is -0.504 e. The number of aliphatic hydroxyl groups excluding tert-OH is 3. The minimum absolute atomic E-state index is 0.111. The van der Waals surface area contributed by atoms with Crippen molar-refractivity contribution in [2.45, 2.75) is 83.8 Å². The molecular formula is C26H36O11. The Kier molecular flexibility index (Phi) is 8.86. The molecule has 37 heavy (non-hydrogen) atoms. The highest BCUT2D eigenvalue weighted by atomic mass is 16.7. The molecule has 1 aliphatic heterocycles. The molecule has 0 spiro atoms. The fourth-order valence-corrected chi connectivity index (χ4v) is 5.04. The van der Waals surface area contributed by atoms with Gasteiger partial charge in [-0.25, -0.2) is 4.79 Å². The first-order valence-corrected chi connectivity index (χ1v) is 12.2. The van der Waals surface area contributed by atoms with Crippen molar-refractivity contribution in [1.82, 2.24) is 0 Å². The molecule has 2 aliphatic rings. The number of carbonyl (C=O) groups excluding carboxylic acids is 2. The highest BCUT2D eigenvalue weighted by Gasteiger charge is 2.45. The molecule has 1 aromatic carbocycles. The number of aromatic hydroxyl groups is 3. The van der Waals surface area contributed by atoms with Crippen LogP contribution in [0.1, 0.15) is 57.3 Å². The van der Waals surface area contributed by atoms with Gasteiger partial charge in [-0.05, 0) is 56.2 Å². The lowest BCUT2D eigenvalue weighted by Crippen LogP contribution is -2.59. The molecular weight excluding hydrogens is 488 g/mol. The van der Waals surface area contributed by atoms with Crippen LogP contribution < -0.4 is 0 Å². The predicted octanol–water partition coefficient (Wildman–Crippen LogP) is 1.51. The van der Waals surface area contributed by atoms with Gasteiger partial charge in [0.15, 0.2) is 29.3 Å². The Morgan fingerprint density at radius 1 is 1.11 bits per heavy atom.